The minimum absolute atomic E-state index is 0.0682. The van der Waals surface area contributed by atoms with Crippen molar-refractivity contribution in [1.82, 2.24) is 15.0 Å². The van der Waals surface area contributed by atoms with Crippen LogP contribution in [0.3, 0.4) is 0 Å². The molecule has 0 amide bonds. The fourth-order valence-corrected chi connectivity index (χ4v) is 3.14. The lowest BCUT2D eigenvalue weighted by atomic mass is 10.2. The normalized spacial score (nSPS) is 12.5. The molecule has 0 fully saturated rings. The zero-order valence-corrected chi connectivity index (χ0v) is 13.5. The zero-order chi connectivity index (χ0) is 15.5. The number of rotatable bonds is 5. The van der Waals surface area contributed by atoms with Gasteiger partial charge in [-0.25, -0.2) is 9.97 Å². The van der Waals surface area contributed by atoms with Crippen molar-refractivity contribution in [3.8, 4) is 11.4 Å². The summed E-state index contributed by atoms with van der Waals surface area (Å²) in [5.74, 6) is 1.57. The minimum Gasteiger partial charge on any atom is -0.368 e. The molecule has 0 aliphatic carbocycles. The summed E-state index contributed by atoms with van der Waals surface area (Å²) in [6, 6.07) is 6.08. The first-order valence-electron chi connectivity index (χ1n) is 7.37. The van der Waals surface area contributed by atoms with Gasteiger partial charge in [-0.3, -0.25) is 4.98 Å². The fourth-order valence-electron chi connectivity index (χ4n) is 2.17. The van der Waals surface area contributed by atoms with Crippen molar-refractivity contribution in [3.05, 3.63) is 35.5 Å². The number of aromatic nitrogens is 3. The number of fused-ring (bicyclic) bond motifs is 1. The van der Waals surface area contributed by atoms with Crippen LogP contribution >= 0.6 is 11.3 Å². The van der Waals surface area contributed by atoms with Crippen molar-refractivity contribution in [2.24, 2.45) is 5.73 Å². The first-order valence-corrected chi connectivity index (χ1v) is 8.19. The Morgan fingerprint density at radius 1 is 1.27 bits per heavy atom. The molecule has 0 radical (unpaired) electrons. The van der Waals surface area contributed by atoms with E-state index in [1.54, 1.807) is 23.7 Å². The number of anilines is 1. The first-order chi connectivity index (χ1) is 10.7. The van der Waals surface area contributed by atoms with Gasteiger partial charge in [0.15, 0.2) is 5.82 Å². The molecule has 0 saturated carbocycles. The summed E-state index contributed by atoms with van der Waals surface area (Å²) in [5, 5.41) is 4.42. The molecule has 1 atom stereocenters. The van der Waals surface area contributed by atoms with Crippen LogP contribution in [0.4, 0.5) is 5.82 Å². The van der Waals surface area contributed by atoms with Gasteiger partial charge in [-0.15, -0.1) is 11.3 Å². The van der Waals surface area contributed by atoms with Gasteiger partial charge in [0.2, 0.25) is 0 Å². The van der Waals surface area contributed by atoms with E-state index < -0.39 is 0 Å². The average Bonchev–Trinajstić information content (AvgIpc) is 2.96. The Kier molecular flexibility index (Phi) is 4.31. The van der Waals surface area contributed by atoms with Crippen LogP contribution in [0.5, 0.6) is 0 Å². The van der Waals surface area contributed by atoms with Gasteiger partial charge in [0.25, 0.3) is 0 Å². The summed E-state index contributed by atoms with van der Waals surface area (Å²) in [4.78, 5) is 15.8. The lowest BCUT2D eigenvalue weighted by Crippen LogP contribution is -2.25. The number of hydrogen-bond acceptors (Lipinski definition) is 6. The number of hydrogen-bond donors (Lipinski definition) is 2. The van der Waals surface area contributed by atoms with E-state index in [9.17, 15) is 0 Å². The number of pyridine rings is 1. The van der Waals surface area contributed by atoms with Crippen LogP contribution in [0.15, 0.2) is 30.6 Å². The van der Waals surface area contributed by atoms with Crippen LogP contribution in [-0.2, 0) is 6.42 Å². The van der Waals surface area contributed by atoms with E-state index in [2.05, 4.69) is 23.3 Å². The Labute approximate surface area is 133 Å². The third-order valence-corrected chi connectivity index (χ3v) is 4.50. The molecule has 3 aromatic heterocycles. The summed E-state index contributed by atoms with van der Waals surface area (Å²) >= 11 is 1.72. The van der Waals surface area contributed by atoms with Crippen LogP contribution in [0, 0.1) is 0 Å². The highest BCUT2D eigenvalue weighted by Gasteiger charge is 2.12. The van der Waals surface area contributed by atoms with E-state index >= 15 is 0 Å². The monoisotopic (exact) mass is 313 g/mol. The van der Waals surface area contributed by atoms with E-state index in [0.717, 1.165) is 28.0 Å². The third kappa shape index (κ3) is 3.08. The Morgan fingerprint density at radius 2 is 2.05 bits per heavy atom. The molecular weight excluding hydrogens is 294 g/mol. The maximum Gasteiger partial charge on any atom is 0.163 e. The van der Waals surface area contributed by atoms with Crippen molar-refractivity contribution in [2.45, 2.75) is 26.3 Å². The smallest absolute Gasteiger partial charge is 0.163 e. The van der Waals surface area contributed by atoms with E-state index in [1.807, 2.05) is 19.1 Å². The summed E-state index contributed by atoms with van der Waals surface area (Å²) in [7, 11) is 0. The summed E-state index contributed by atoms with van der Waals surface area (Å²) in [6.07, 6.45) is 4.51. The summed E-state index contributed by atoms with van der Waals surface area (Å²) in [5.41, 5.74) is 6.82. The van der Waals surface area contributed by atoms with Gasteiger partial charge < -0.3 is 11.1 Å². The topological polar surface area (TPSA) is 76.7 Å². The van der Waals surface area contributed by atoms with Crippen molar-refractivity contribution in [2.75, 3.05) is 11.9 Å². The molecular formula is C16H19N5S. The molecule has 3 rings (SSSR count). The highest BCUT2D eigenvalue weighted by Crippen LogP contribution is 2.31. The predicted molar refractivity (Wildman–Crippen MR) is 92.2 cm³/mol. The molecule has 0 spiro atoms. The standard InChI is InChI=1S/C16H19N5S/c1-3-12-8-13-15(19-9-10(2)17)20-14(21-16(13)22-12)11-4-6-18-7-5-11/h4-8,10H,3,9,17H2,1-2H3,(H,19,20,21)/t10-/m0/s1. The van der Waals surface area contributed by atoms with Gasteiger partial charge >= 0.3 is 0 Å². The van der Waals surface area contributed by atoms with Gasteiger partial charge in [-0.2, -0.15) is 0 Å². The van der Waals surface area contributed by atoms with E-state index in [1.165, 1.54) is 4.88 Å². The largest absolute Gasteiger partial charge is 0.368 e. The van der Waals surface area contributed by atoms with E-state index in [4.69, 9.17) is 15.7 Å². The quantitative estimate of drug-likeness (QED) is 0.757. The Bertz CT molecular complexity index is 767. The lowest BCUT2D eigenvalue weighted by Gasteiger charge is -2.10. The lowest BCUT2D eigenvalue weighted by molar-refractivity contribution is 0.778. The Morgan fingerprint density at radius 3 is 2.73 bits per heavy atom. The fraction of sp³-hybridized carbons (Fsp3) is 0.312. The van der Waals surface area contributed by atoms with Crippen LogP contribution < -0.4 is 11.1 Å². The Hall–Kier alpha value is -2.05. The zero-order valence-electron chi connectivity index (χ0n) is 12.7. The second-order valence-corrected chi connectivity index (χ2v) is 6.39. The molecule has 6 heteroatoms. The highest BCUT2D eigenvalue weighted by atomic mass is 32.1. The molecule has 5 nitrogen and oxygen atoms in total. The molecule has 22 heavy (non-hydrogen) atoms. The molecule has 0 aliphatic rings. The predicted octanol–water partition coefficient (Wildman–Crippen LogP) is 3.07. The van der Waals surface area contributed by atoms with Crippen molar-refractivity contribution in [1.29, 1.82) is 0 Å². The van der Waals surface area contributed by atoms with Crippen LogP contribution in [0.2, 0.25) is 0 Å². The van der Waals surface area contributed by atoms with Gasteiger partial charge in [-0.05, 0) is 31.5 Å². The number of aryl methyl sites for hydroxylation is 1. The van der Waals surface area contributed by atoms with Gasteiger partial charge in [0.05, 0.1) is 5.39 Å². The number of nitrogens with zero attached hydrogens (tertiary/aromatic N) is 3. The molecule has 114 valence electrons. The molecule has 3 heterocycles. The van der Waals surface area contributed by atoms with Crippen LogP contribution in [0.1, 0.15) is 18.7 Å². The van der Waals surface area contributed by atoms with Crippen molar-refractivity contribution < 1.29 is 0 Å². The summed E-state index contributed by atoms with van der Waals surface area (Å²) in [6.45, 7) is 4.80. The maximum atomic E-state index is 5.85. The molecule has 0 saturated heterocycles. The average molecular weight is 313 g/mol. The Balaban J connectivity index is 2.10. The van der Waals surface area contributed by atoms with E-state index in [-0.39, 0.29) is 6.04 Å². The molecule has 3 aromatic rings. The number of thiophene rings is 1. The van der Waals surface area contributed by atoms with Gasteiger partial charge in [0, 0.05) is 35.4 Å². The molecule has 0 bridgehead atoms. The van der Waals surface area contributed by atoms with Crippen molar-refractivity contribution >= 4 is 27.4 Å². The van der Waals surface area contributed by atoms with Crippen LogP contribution in [-0.4, -0.2) is 27.5 Å². The first kappa shape index (κ1) is 14.9. The molecule has 0 unspecified atom stereocenters. The number of nitrogens with one attached hydrogen (secondary N) is 1. The van der Waals surface area contributed by atoms with Gasteiger partial charge in [0.1, 0.15) is 10.6 Å². The highest BCUT2D eigenvalue weighted by molar-refractivity contribution is 7.18. The molecule has 0 aliphatic heterocycles. The SMILES string of the molecule is CCc1cc2c(NC[C@H](C)N)nc(-c3ccncc3)nc2s1. The van der Waals surface area contributed by atoms with Crippen LogP contribution in [0.25, 0.3) is 21.6 Å². The third-order valence-electron chi connectivity index (χ3n) is 3.32. The van der Waals surface area contributed by atoms with Gasteiger partial charge in [-0.1, -0.05) is 6.92 Å². The molecule has 3 N–H and O–H groups in total. The molecule has 0 aromatic carbocycles. The maximum absolute atomic E-state index is 5.85. The minimum atomic E-state index is 0.0682. The van der Waals surface area contributed by atoms with E-state index in [0.29, 0.717) is 12.4 Å². The number of nitrogens with two attached hydrogens (primary N) is 1. The van der Waals surface area contributed by atoms with Crippen molar-refractivity contribution in [3.63, 3.8) is 0 Å². The second-order valence-electron chi connectivity index (χ2n) is 5.27. The summed E-state index contributed by atoms with van der Waals surface area (Å²) < 4.78 is 0. The second kappa shape index (κ2) is 6.37.